The number of carbonyl (C=O) groups excluding carboxylic acids is 2. The molecule has 4 aromatic rings. The van der Waals surface area contributed by atoms with E-state index in [1.54, 1.807) is 42.5 Å². The van der Waals surface area contributed by atoms with Crippen molar-refractivity contribution in [2.45, 2.75) is 19.3 Å². The number of carbonyl (C=O) groups is 3. The Labute approximate surface area is 202 Å². The Hall–Kier alpha value is -4.65. The Bertz CT molecular complexity index is 1370. The van der Waals surface area contributed by atoms with Crippen LogP contribution in [-0.2, 0) is 11.2 Å². The average Bonchev–Trinajstić information content (AvgIpc) is 3.41. The predicted octanol–water partition coefficient (Wildman–Crippen LogP) is 4.00. The first kappa shape index (κ1) is 23.5. The van der Waals surface area contributed by atoms with Gasteiger partial charge in [0.1, 0.15) is 16.9 Å². The molecule has 14 heteroatoms. The molecule has 2 aromatic carbocycles. The molecule has 0 saturated carbocycles. The molecule has 2 aromatic heterocycles. The average molecular weight is 499 g/mol. The van der Waals surface area contributed by atoms with Crippen LogP contribution in [0.4, 0.5) is 26.8 Å². The number of amides is 3. The van der Waals surface area contributed by atoms with E-state index in [1.165, 1.54) is 0 Å². The van der Waals surface area contributed by atoms with E-state index in [2.05, 4.69) is 46.1 Å². The van der Waals surface area contributed by atoms with E-state index >= 15 is 0 Å². The van der Waals surface area contributed by atoms with Crippen LogP contribution in [0, 0.1) is 0 Å². The molecule has 0 aliphatic rings. The first-order valence-corrected chi connectivity index (χ1v) is 10.7. The molecule has 3 amide bonds. The van der Waals surface area contributed by atoms with Gasteiger partial charge in [0.25, 0.3) is 5.88 Å². The van der Waals surface area contributed by atoms with E-state index in [0.29, 0.717) is 46.1 Å². The number of urea groups is 1. The number of nitrogens with zero attached hydrogens (tertiary/aromatic N) is 3. The zero-order chi connectivity index (χ0) is 24.8. The molecule has 6 N–H and O–H groups in total. The molecule has 13 nitrogen and oxygen atoms in total. The van der Waals surface area contributed by atoms with E-state index in [-0.39, 0.29) is 24.0 Å². The summed E-state index contributed by atoms with van der Waals surface area (Å²) < 4.78 is 4.65. The second-order valence-electron chi connectivity index (χ2n) is 7.25. The standard InChI is InChI=1S/C21H19ClN8O5/c22-11-4-6-12(7-5-11)24-20(32)27-18-19(35-21(33)34)26-16(25-18)2-1-3-17(31)23-13-8-9-14-15(10-13)29-30-28-14/h4-10H,1-3H2,(H,23,31)(H,25,26)(H,33,34)(H2,24,27,32)(H,28,29,30). The maximum Gasteiger partial charge on any atom is 0.512 e. The number of H-pyrrole nitrogens is 2. The molecule has 0 bridgehead atoms. The number of carboxylic acid groups (broad SMARTS) is 1. The summed E-state index contributed by atoms with van der Waals surface area (Å²) in [7, 11) is 0. The summed E-state index contributed by atoms with van der Waals surface area (Å²) in [4.78, 5) is 42.4. The van der Waals surface area contributed by atoms with Crippen molar-refractivity contribution >= 4 is 57.9 Å². The predicted molar refractivity (Wildman–Crippen MR) is 127 cm³/mol. The van der Waals surface area contributed by atoms with Gasteiger partial charge in [-0.3, -0.25) is 10.1 Å². The topological polar surface area (TPSA) is 187 Å². The molecule has 0 unspecified atom stereocenters. The minimum atomic E-state index is -1.59. The van der Waals surface area contributed by atoms with Crippen molar-refractivity contribution in [2.24, 2.45) is 0 Å². The number of anilines is 3. The van der Waals surface area contributed by atoms with Gasteiger partial charge in [-0.2, -0.15) is 20.4 Å². The lowest BCUT2D eigenvalue weighted by Gasteiger charge is -2.07. The fraction of sp³-hybridized carbons (Fsp3) is 0.143. The van der Waals surface area contributed by atoms with Crippen LogP contribution in [0.5, 0.6) is 5.88 Å². The molecule has 0 spiro atoms. The number of aryl methyl sites for hydroxylation is 1. The second kappa shape index (κ2) is 10.5. The number of benzene rings is 2. The Morgan fingerprint density at radius 3 is 2.49 bits per heavy atom. The fourth-order valence-corrected chi connectivity index (χ4v) is 3.26. The molecule has 0 aliphatic heterocycles. The first-order valence-electron chi connectivity index (χ1n) is 10.3. The van der Waals surface area contributed by atoms with Crippen LogP contribution in [-0.4, -0.2) is 48.6 Å². The van der Waals surface area contributed by atoms with Crippen LogP contribution in [0.2, 0.25) is 5.02 Å². The van der Waals surface area contributed by atoms with E-state index in [1.807, 2.05) is 0 Å². The molecule has 0 atom stereocenters. The summed E-state index contributed by atoms with van der Waals surface area (Å²) in [6.45, 7) is 0. The van der Waals surface area contributed by atoms with Crippen LogP contribution in [0.25, 0.3) is 11.0 Å². The van der Waals surface area contributed by atoms with Crippen molar-refractivity contribution in [3.05, 3.63) is 53.3 Å². The monoisotopic (exact) mass is 498 g/mol. The van der Waals surface area contributed by atoms with Gasteiger partial charge in [0.15, 0.2) is 5.82 Å². The molecular formula is C21H19ClN8O5. The van der Waals surface area contributed by atoms with Gasteiger partial charge in [0.05, 0.1) is 0 Å². The van der Waals surface area contributed by atoms with Crippen molar-refractivity contribution in [1.82, 2.24) is 25.4 Å². The minimum absolute atomic E-state index is 0.0424. The number of halogens is 1. The zero-order valence-corrected chi connectivity index (χ0v) is 18.7. The van der Waals surface area contributed by atoms with Crippen LogP contribution in [0.1, 0.15) is 18.7 Å². The lowest BCUT2D eigenvalue weighted by atomic mass is 10.2. The maximum absolute atomic E-state index is 12.3. The van der Waals surface area contributed by atoms with Crippen molar-refractivity contribution in [1.29, 1.82) is 0 Å². The Morgan fingerprint density at radius 1 is 0.971 bits per heavy atom. The van der Waals surface area contributed by atoms with E-state index in [9.17, 15) is 14.4 Å². The number of rotatable bonds is 8. The Kier molecular flexibility index (Phi) is 7.07. The maximum atomic E-state index is 12.3. The van der Waals surface area contributed by atoms with Crippen molar-refractivity contribution in [3.8, 4) is 5.88 Å². The molecule has 2 heterocycles. The highest BCUT2D eigenvalue weighted by Gasteiger charge is 2.17. The van der Waals surface area contributed by atoms with E-state index in [0.717, 1.165) is 0 Å². The largest absolute Gasteiger partial charge is 0.512 e. The SMILES string of the molecule is O=C(CCCc1nc(OC(=O)O)c(NC(=O)Nc2ccc(Cl)cc2)[nH]1)Nc1ccc2n[nH]nc2c1. The highest BCUT2D eigenvalue weighted by Crippen LogP contribution is 2.23. The third-order valence-corrected chi connectivity index (χ3v) is 4.91. The Balaban J connectivity index is 1.32. The van der Waals surface area contributed by atoms with Gasteiger partial charge in [0, 0.05) is 29.2 Å². The third kappa shape index (κ3) is 6.45. The van der Waals surface area contributed by atoms with Gasteiger partial charge >= 0.3 is 12.2 Å². The van der Waals surface area contributed by atoms with Gasteiger partial charge in [-0.05, 0) is 48.9 Å². The number of imidazole rings is 1. The van der Waals surface area contributed by atoms with Crippen LogP contribution < -0.4 is 20.7 Å². The molecule has 0 aliphatic carbocycles. The number of nitrogens with one attached hydrogen (secondary N) is 5. The zero-order valence-electron chi connectivity index (χ0n) is 18.0. The summed E-state index contributed by atoms with van der Waals surface area (Å²) in [5, 5.41) is 27.7. The van der Waals surface area contributed by atoms with Gasteiger partial charge in [0.2, 0.25) is 5.91 Å². The number of hydrogen-bond donors (Lipinski definition) is 6. The minimum Gasteiger partial charge on any atom is -0.449 e. The van der Waals surface area contributed by atoms with Crippen LogP contribution >= 0.6 is 11.6 Å². The summed E-state index contributed by atoms with van der Waals surface area (Å²) in [5.41, 5.74) is 2.38. The van der Waals surface area contributed by atoms with Gasteiger partial charge in [-0.15, -0.1) is 0 Å². The number of fused-ring (bicyclic) bond motifs is 1. The molecule has 0 radical (unpaired) electrons. The third-order valence-electron chi connectivity index (χ3n) is 4.66. The van der Waals surface area contributed by atoms with Gasteiger partial charge in [-0.25, -0.2) is 9.59 Å². The lowest BCUT2D eigenvalue weighted by Crippen LogP contribution is -2.20. The molecular weight excluding hydrogens is 480 g/mol. The lowest BCUT2D eigenvalue weighted by molar-refractivity contribution is -0.116. The fourth-order valence-electron chi connectivity index (χ4n) is 3.13. The van der Waals surface area contributed by atoms with Crippen molar-refractivity contribution < 1.29 is 24.2 Å². The van der Waals surface area contributed by atoms with E-state index in [4.69, 9.17) is 16.7 Å². The highest BCUT2D eigenvalue weighted by atomic mass is 35.5. The van der Waals surface area contributed by atoms with Crippen molar-refractivity contribution in [2.75, 3.05) is 16.0 Å². The Morgan fingerprint density at radius 2 is 1.71 bits per heavy atom. The molecule has 4 rings (SSSR count). The number of ether oxygens (including phenoxy) is 1. The molecule has 35 heavy (non-hydrogen) atoms. The summed E-state index contributed by atoms with van der Waals surface area (Å²) in [5.74, 6) is -0.245. The van der Waals surface area contributed by atoms with Crippen LogP contribution in [0.15, 0.2) is 42.5 Å². The summed E-state index contributed by atoms with van der Waals surface area (Å²) in [6.07, 6.45) is -0.722. The van der Waals surface area contributed by atoms with Gasteiger partial charge < -0.3 is 25.5 Å². The normalized spacial score (nSPS) is 10.7. The highest BCUT2D eigenvalue weighted by molar-refractivity contribution is 6.30. The first-order chi connectivity index (χ1) is 16.9. The second-order valence-corrected chi connectivity index (χ2v) is 7.68. The van der Waals surface area contributed by atoms with Crippen LogP contribution in [0.3, 0.4) is 0 Å². The van der Waals surface area contributed by atoms with Crippen molar-refractivity contribution in [3.63, 3.8) is 0 Å². The number of aromatic nitrogens is 5. The molecule has 0 fully saturated rings. The number of hydrogen-bond acceptors (Lipinski definition) is 7. The molecule has 180 valence electrons. The van der Waals surface area contributed by atoms with E-state index < -0.39 is 12.2 Å². The molecule has 0 saturated heterocycles. The van der Waals surface area contributed by atoms with Gasteiger partial charge in [-0.1, -0.05) is 11.6 Å². The smallest absolute Gasteiger partial charge is 0.449 e. The number of aromatic amines is 2. The summed E-state index contributed by atoms with van der Waals surface area (Å²) in [6, 6.07) is 10.9. The quantitative estimate of drug-likeness (QED) is 0.196. The summed E-state index contributed by atoms with van der Waals surface area (Å²) >= 11 is 5.82.